The molecule has 0 aliphatic carbocycles. The predicted octanol–water partition coefficient (Wildman–Crippen LogP) is 4.54. The molecule has 6 nitrogen and oxygen atoms in total. The minimum atomic E-state index is -0.608. The molecule has 152 valence electrons. The van der Waals surface area contributed by atoms with E-state index in [2.05, 4.69) is 10.3 Å². The number of aromatic amines is 1. The first kappa shape index (κ1) is 20.5. The Morgan fingerprint density at radius 1 is 0.966 bits per heavy atom. The predicted molar refractivity (Wildman–Crippen MR) is 117 cm³/mol. The monoisotopic (exact) mass is 393 g/mol. The van der Waals surface area contributed by atoms with Crippen LogP contribution in [0.4, 0.5) is 10.5 Å². The SMILES string of the molecule is CC(C)(C)OC(=O)NC(C)(C)c1ccc(-c2ccc3c(=O)[nH]ccc3c2N)cc1. The molecule has 0 bridgehead atoms. The van der Waals surface area contributed by atoms with Crippen LogP contribution in [0.1, 0.15) is 40.2 Å². The minimum Gasteiger partial charge on any atom is -0.444 e. The number of pyridine rings is 1. The highest BCUT2D eigenvalue weighted by Gasteiger charge is 2.26. The Bertz CT molecular complexity index is 1110. The molecule has 1 aromatic heterocycles. The maximum absolute atomic E-state index is 12.2. The summed E-state index contributed by atoms with van der Waals surface area (Å²) in [5.41, 5.74) is 8.30. The number of ether oxygens (including phenoxy) is 1. The normalized spacial score (nSPS) is 12.0. The molecular weight excluding hydrogens is 366 g/mol. The van der Waals surface area contributed by atoms with Crippen molar-refractivity contribution in [3.63, 3.8) is 0 Å². The van der Waals surface area contributed by atoms with E-state index in [1.165, 1.54) is 0 Å². The number of rotatable bonds is 3. The molecule has 29 heavy (non-hydrogen) atoms. The summed E-state index contributed by atoms with van der Waals surface area (Å²) >= 11 is 0. The lowest BCUT2D eigenvalue weighted by Gasteiger charge is -2.29. The zero-order valence-corrected chi connectivity index (χ0v) is 17.4. The van der Waals surface area contributed by atoms with Crippen LogP contribution in [0.5, 0.6) is 0 Å². The van der Waals surface area contributed by atoms with Gasteiger partial charge in [0.1, 0.15) is 5.60 Å². The van der Waals surface area contributed by atoms with Gasteiger partial charge in [0.2, 0.25) is 0 Å². The van der Waals surface area contributed by atoms with Gasteiger partial charge in [-0.05, 0) is 57.9 Å². The van der Waals surface area contributed by atoms with Crippen LogP contribution in [0.3, 0.4) is 0 Å². The van der Waals surface area contributed by atoms with Gasteiger partial charge in [0.25, 0.3) is 5.56 Å². The van der Waals surface area contributed by atoms with E-state index in [4.69, 9.17) is 10.5 Å². The van der Waals surface area contributed by atoms with Crippen molar-refractivity contribution in [1.82, 2.24) is 10.3 Å². The molecule has 3 aromatic rings. The van der Waals surface area contributed by atoms with E-state index in [0.29, 0.717) is 11.1 Å². The summed E-state index contributed by atoms with van der Waals surface area (Å²) in [5.74, 6) is 0. The quantitative estimate of drug-likeness (QED) is 0.569. The number of fused-ring (bicyclic) bond motifs is 1. The largest absolute Gasteiger partial charge is 0.444 e. The molecule has 1 heterocycles. The number of carbonyl (C=O) groups excluding carboxylic acids is 1. The molecule has 6 heteroatoms. The van der Waals surface area contributed by atoms with Crippen LogP contribution < -0.4 is 16.6 Å². The molecule has 2 aromatic carbocycles. The van der Waals surface area contributed by atoms with E-state index in [1.54, 1.807) is 18.3 Å². The Hall–Kier alpha value is -3.28. The number of nitrogens with one attached hydrogen (secondary N) is 2. The summed E-state index contributed by atoms with van der Waals surface area (Å²) < 4.78 is 5.36. The Balaban J connectivity index is 1.89. The van der Waals surface area contributed by atoms with E-state index in [9.17, 15) is 9.59 Å². The van der Waals surface area contributed by atoms with Crippen LogP contribution in [0.25, 0.3) is 21.9 Å². The summed E-state index contributed by atoms with van der Waals surface area (Å²) in [6, 6.07) is 13.3. The molecule has 0 atom stereocenters. The maximum Gasteiger partial charge on any atom is 0.408 e. The van der Waals surface area contributed by atoms with Crippen LogP contribution in [-0.2, 0) is 10.3 Å². The molecule has 1 amide bonds. The third-order valence-corrected chi connectivity index (χ3v) is 4.73. The number of nitrogen functional groups attached to an aromatic ring is 1. The van der Waals surface area contributed by atoms with Crippen LogP contribution in [0.15, 0.2) is 53.5 Å². The Morgan fingerprint density at radius 3 is 2.24 bits per heavy atom. The van der Waals surface area contributed by atoms with Crippen molar-refractivity contribution >= 4 is 22.6 Å². The number of hydrogen-bond acceptors (Lipinski definition) is 4. The Labute approximate surface area is 170 Å². The topological polar surface area (TPSA) is 97.2 Å². The zero-order valence-electron chi connectivity index (χ0n) is 17.4. The van der Waals surface area contributed by atoms with Gasteiger partial charge in [0, 0.05) is 28.2 Å². The van der Waals surface area contributed by atoms with E-state index >= 15 is 0 Å². The molecular formula is C23H27N3O3. The number of nitrogens with two attached hydrogens (primary N) is 1. The van der Waals surface area contributed by atoms with Gasteiger partial charge in [-0.25, -0.2) is 4.79 Å². The molecule has 4 N–H and O–H groups in total. The molecule has 0 fully saturated rings. The standard InChI is InChI=1S/C23H27N3O3/c1-22(2,3)29-21(28)26-23(4,5)15-8-6-14(7-9-15)16-10-11-18-17(19(16)24)12-13-25-20(18)27/h6-13H,24H2,1-5H3,(H,25,27)(H,26,28). The average molecular weight is 393 g/mol. The number of hydrogen-bond donors (Lipinski definition) is 3. The molecule has 0 unspecified atom stereocenters. The first-order chi connectivity index (χ1) is 13.5. The fraction of sp³-hybridized carbons (Fsp3) is 0.304. The minimum absolute atomic E-state index is 0.161. The molecule has 3 rings (SSSR count). The molecule has 0 aliphatic rings. The van der Waals surface area contributed by atoms with Gasteiger partial charge in [0.05, 0.1) is 5.54 Å². The summed E-state index contributed by atoms with van der Waals surface area (Å²) in [5, 5.41) is 4.19. The van der Waals surface area contributed by atoms with Crippen molar-refractivity contribution < 1.29 is 9.53 Å². The van der Waals surface area contributed by atoms with Crippen LogP contribution in [0.2, 0.25) is 0 Å². The molecule has 0 radical (unpaired) electrons. The Kier molecular flexibility index (Phi) is 5.13. The second-order valence-corrected chi connectivity index (χ2v) is 8.62. The first-order valence-corrected chi connectivity index (χ1v) is 9.50. The van der Waals surface area contributed by atoms with E-state index in [-0.39, 0.29) is 5.56 Å². The third-order valence-electron chi connectivity index (χ3n) is 4.73. The lowest BCUT2D eigenvalue weighted by atomic mass is 9.91. The van der Waals surface area contributed by atoms with Crippen molar-refractivity contribution in [1.29, 1.82) is 0 Å². The average Bonchev–Trinajstić information content (AvgIpc) is 2.61. The van der Waals surface area contributed by atoms with Crippen molar-refractivity contribution in [2.75, 3.05) is 5.73 Å². The number of anilines is 1. The molecule has 0 saturated carbocycles. The lowest BCUT2D eigenvalue weighted by Crippen LogP contribution is -2.43. The maximum atomic E-state index is 12.2. The lowest BCUT2D eigenvalue weighted by molar-refractivity contribution is 0.0470. The number of benzene rings is 2. The fourth-order valence-electron chi connectivity index (χ4n) is 3.24. The smallest absolute Gasteiger partial charge is 0.408 e. The summed E-state index contributed by atoms with van der Waals surface area (Å²) in [6.07, 6.45) is 1.13. The zero-order chi connectivity index (χ0) is 21.4. The van der Waals surface area contributed by atoms with Gasteiger partial charge < -0.3 is 20.8 Å². The second-order valence-electron chi connectivity index (χ2n) is 8.62. The highest BCUT2D eigenvalue weighted by atomic mass is 16.6. The molecule has 0 aliphatic heterocycles. The van der Waals surface area contributed by atoms with Crippen LogP contribution in [-0.4, -0.2) is 16.7 Å². The number of alkyl carbamates (subject to hydrolysis) is 1. The summed E-state index contributed by atoms with van der Waals surface area (Å²) in [6.45, 7) is 9.33. The number of amides is 1. The van der Waals surface area contributed by atoms with Crippen molar-refractivity contribution in [2.45, 2.75) is 45.8 Å². The highest BCUT2D eigenvalue weighted by molar-refractivity contribution is 5.99. The molecule has 0 saturated heterocycles. The fourth-order valence-corrected chi connectivity index (χ4v) is 3.24. The summed E-state index contributed by atoms with van der Waals surface area (Å²) in [4.78, 5) is 26.8. The number of H-pyrrole nitrogens is 1. The van der Waals surface area contributed by atoms with Gasteiger partial charge in [-0.2, -0.15) is 0 Å². The van der Waals surface area contributed by atoms with E-state index in [1.807, 2.05) is 65.0 Å². The Morgan fingerprint density at radius 2 is 1.62 bits per heavy atom. The molecule has 0 spiro atoms. The van der Waals surface area contributed by atoms with Crippen LogP contribution >= 0.6 is 0 Å². The van der Waals surface area contributed by atoms with Gasteiger partial charge in [0.15, 0.2) is 0 Å². The van der Waals surface area contributed by atoms with Crippen molar-refractivity contribution in [3.05, 3.63) is 64.6 Å². The van der Waals surface area contributed by atoms with Gasteiger partial charge >= 0.3 is 6.09 Å². The van der Waals surface area contributed by atoms with Crippen LogP contribution in [0, 0.1) is 0 Å². The van der Waals surface area contributed by atoms with Gasteiger partial charge in [-0.15, -0.1) is 0 Å². The van der Waals surface area contributed by atoms with E-state index < -0.39 is 17.2 Å². The van der Waals surface area contributed by atoms with Gasteiger partial charge in [-0.1, -0.05) is 30.3 Å². The first-order valence-electron chi connectivity index (χ1n) is 9.50. The van der Waals surface area contributed by atoms with E-state index in [0.717, 1.165) is 22.1 Å². The van der Waals surface area contributed by atoms with Gasteiger partial charge in [-0.3, -0.25) is 4.79 Å². The highest BCUT2D eigenvalue weighted by Crippen LogP contribution is 2.32. The second kappa shape index (κ2) is 7.28. The van der Waals surface area contributed by atoms with Crippen molar-refractivity contribution in [3.8, 4) is 11.1 Å². The summed E-state index contributed by atoms with van der Waals surface area (Å²) in [7, 11) is 0. The number of aromatic nitrogens is 1. The number of carbonyl (C=O) groups is 1. The third kappa shape index (κ3) is 4.42. The van der Waals surface area contributed by atoms with Crippen molar-refractivity contribution in [2.24, 2.45) is 0 Å².